The molecule has 2 aromatic rings. The van der Waals surface area contributed by atoms with E-state index in [0.29, 0.717) is 16.3 Å². The lowest BCUT2D eigenvalue weighted by molar-refractivity contribution is 0.475. The first-order chi connectivity index (χ1) is 8.61. The molecule has 0 heterocycles. The van der Waals surface area contributed by atoms with Gasteiger partial charge < -0.3 is 16.2 Å². The summed E-state index contributed by atoms with van der Waals surface area (Å²) in [5.41, 5.74) is 7.24. The fourth-order valence-corrected chi connectivity index (χ4v) is 1.89. The molecule has 0 atom stereocenters. The minimum Gasteiger partial charge on any atom is -0.506 e. The lowest BCUT2D eigenvalue weighted by atomic mass is 10.1. The van der Waals surface area contributed by atoms with Gasteiger partial charge in [0.1, 0.15) is 11.6 Å². The number of rotatable bonds is 3. The van der Waals surface area contributed by atoms with Crippen molar-refractivity contribution in [1.29, 1.82) is 0 Å². The predicted octanol–water partition coefficient (Wildman–Crippen LogP) is 3.39. The Morgan fingerprint density at radius 1 is 1.22 bits per heavy atom. The predicted molar refractivity (Wildman–Crippen MR) is 70.7 cm³/mol. The lowest BCUT2D eigenvalue weighted by Gasteiger charge is -2.13. The van der Waals surface area contributed by atoms with E-state index in [2.05, 4.69) is 5.32 Å². The van der Waals surface area contributed by atoms with Crippen molar-refractivity contribution in [1.82, 2.24) is 0 Å². The second-order valence-corrected chi connectivity index (χ2v) is 4.16. The number of hydrogen-bond acceptors (Lipinski definition) is 3. The number of nitrogens with two attached hydrogens (primary N) is 1. The molecule has 18 heavy (non-hydrogen) atoms. The summed E-state index contributed by atoms with van der Waals surface area (Å²) in [6.45, 7) is 0.248. The molecular formula is C13H12ClFN2O. The number of halogens is 2. The van der Waals surface area contributed by atoms with Crippen LogP contribution in [0.2, 0.25) is 5.02 Å². The Morgan fingerprint density at radius 3 is 2.72 bits per heavy atom. The van der Waals surface area contributed by atoms with E-state index in [0.717, 1.165) is 0 Å². The zero-order chi connectivity index (χ0) is 13.1. The minimum absolute atomic E-state index is 0.0423. The summed E-state index contributed by atoms with van der Waals surface area (Å²) >= 11 is 6.01. The Balaban J connectivity index is 2.40. The smallest absolute Gasteiger partial charge is 0.139 e. The molecule has 0 unspecified atom stereocenters. The van der Waals surface area contributed by atoms with Gasteiger partial charge in [-0.15, -0.1) is 0 Å². The molecule has 0 saturated heterocycles. The number of phenolic OH excluding ortho intramolecular Hbond substituents is 1. The molecule has 5 heteroatoms. The highest BCUT2D eigenvalue weighted by Crippen LogP contribution is 2.31. The molecule has 2 rings (SSSR count). The largest absolute Gasteiger partial charge is 0.506 e. The molecular weight excluding hydrogens is 255 g/mol. The van der Waals surface area contributed by atoms with Crippen LogP contribution in [0.25, 0.3) is 0 Å². The van der Waals surface area contributed by atoms with Gasteiger partial charge in [0.25, 0.3) is 0 Å². The van der Waals surface area contributed by atoms with E-state index in [1.807, 2.05) is 0 Å². The minimum atomic E-state index is -0.438. The van der Waals surface area contributed by atoms with Crippen LogP contribution in [0.3, 0.4) is 0 Å². The first-order valence-electron chi connectivity index (χ1n) is 5.35. The molecule has 0 amide bonds. The maximum Gasteiger partial charge on any atom is 0.139 e. The Bertz CT molecular complexity index is 575. The molecule has 2 aromatic carbocycles. The van der Waals surface area contributed by atoms with Crippen LogP contribution in [0.4, 0.5) is 15.8 Å². The van der Waals surface area contributed by atoms with E-state index >= 15 is 0 Å². The van der Waals surface area contributed by atoms with Gasteiger partial charge >= 0.3 is 0 Å². The van der Waals surface area contributed by atoms with Gasteiger partial charge in [-0.1, -0.05) is 17.7 Å². The van der Waals surface area contributed by atoms with Crippen molar-refractivity contribution in [2.24, 2.45) is 5.73 Å². The van der Waals surface area contributed by atoms with Crippen LogP contribution in [-0.2, 0) is 6.54 Å². The number of hydrogen-bond donors (Lipinski definition) is 3. The molecule has 3 nitrogen and oxygen atoms in total. The summed E-state index contributed by atoms with van der Waals surface area (Å²) < 4.78 is 13.1. The van der Waals surface area contributed by atoms with E-state index < -0.39 is 5.82 Å². The zero-order valence-corrected chi connectivity index (χ0v) is 10.2. The fraction of sp³-hybridized carbons (Fsp3) is 0.0769. The quantitative estimate of drug-likeness (QED) is 0.747. The molecule has 0 aliphatic rings. The standard InChI is InChI=1S/C13H12ClFN2O/c14-10-2-1-3-11(9(10)7-16)17-12-6-8(15)4-5-13(12)18/h1-6,17-18H,7,16H2. The van der Waals surface area contributed by atoms with Crippen LogP contribution in [0, 0.1) is 5.82 Å². The van der Waals surface area contributed by atoms with Crippen LogP contribution >= 0.6 is 11.6 Å². The van der Waals surface area contributed by atoms with Crippen molar-refractivity contribution in [3.8, 4) is 5.75 Å². The van der Waals surface area contributed by atoms with E-state index in [-0.39, 0.29) is 18.0 Å². The highest BCUT2D eigenvalue weighted by atomic mass is 35.5. The molecule has 0 saturated carbocycles. The van der Waals surface area contributed by atoms with Crippen molar-refractivity contribution in [3.63, 3.8) is 0 Å². The lowest BCUT2D eigenvalue weighted by Crippen LogP contribution is -2.03. The van der Waals surface area contributed by atoms with Gasteiger partial charge in [-0.05, 0) is 24.3 Å². The Morgan fingerprint density at radius 2 is 2.00 bits per heavy atom. The van der Waals surface area contributed by atoms with E-state index in [1.54, 1.807) is 18.2 Å². The average molecular weight is 267 g/mol. The Labute approximate surface area is 109 Å². The van der Waals surface area contributed by atoms with Crippen molar-refractivity contribution in [3.05, 3.63) is 52.8 Å². The number of phenols is 1. The molecule has 0 bridgehead atoms. The third kappa shape index (κ3) is 2.55. The third-order valence-corrected chi connectivity index (χ3v) is 2.91. The summed E-state index contributed by atoms with van der Waals surface area (Å²) in [6, 6.07) is 8.90. The van der Waals surface area contributed by atoms with Crippen LogP contribution in [0.15, 0.2) is 36.4 Å². The van der Waals surface area contributed by atoms with Gasteiger partial charge in [0.2, 0.25) is 0 Å². The van der Waals surface area contributed by atoms with Crippen LogP contribution < -0.4 is 11.1 Å². The van der Waals surface area contributed by atoms with Gasteiger partial charge in [-0.25, -0.2) is 4.39 Å². The number of nitrogens with one attached hydrogen (secondary N) is 1. The maximum absolute atomic E-state index is 13.1. The number of anilines is 2. The summed E-state index contributed by atoms with van der Waals surface area (Å²) in [5, 5.41) is 13.1. The first kappa shape index (κ1) is 12.7. The third-order valence-electron chi connectivity index (χ3n) is 2.55. The summed E-state index contributed by atoms with van der Waals surface area (Å²) in [5.74, 6) is -0.481. The zero-order valence-electron chi connectivity index (χ0n) is 9.45. The summed E-state index contributed by atoms with van der Waals surface area (Å²) in [4.78, 5) is 0. The normalized spacial score (nSPS) is 10.4. The van der Waals surface area contributed by atoms with Crippen LogP contribution in [-0.4, -0.2) is 5.11 Å². The molecule has 0 fully saturated rings. The number of aromatic hydroxyl groups is 1. The van der Waals surface area contributed by atoms with Gasteiger partial charge in [-0.3, -0.25) is 0 Å². The van der Waals surface area contributed by atoms with E-state index in [4.69, 9.17) is 17.3 Å². The van der Waals surface area contributed by atoms with Crippen LogP contribution in [0.5, 0.6) is 5.75 Å². The monoisotopic (exact) mass is 266 g/mol. The highest BCUT2D eigenvalue weighted by molar-refractivity contribution is 6.31. The molecule has 94 valence electrons. The SMILES string of the molecule is NCc1c(Cl)cccc1Nc1cc(F)ccc1O. The molecule has 0 aromatic heterocycles. The van der Waals surface area contributed by atoms with Gasteiger partial charge in [-0.2, -0.15) is 0 Å². The van der Waals surface area contributed by atoms with Crippen molar-refractivity contribution in [2.45, 2.75) is 6.54 Å². The Kier molecular flexibility index (Phi) is 3.69. The molecule has 0 spiro atoms. The number of benzene rings is 2. The topological polar surface area (TPSA) is 58.3 Å². The van der Waals surface area contributed by atoms with Gasteiger partial charge in [0.15, 0.2) is 0 Å². The van der Waals surface area contributed by atoms with Crippen molar-refractivity contribution < 1.29 is 9.50 Å². The van der Waals surface area contributed by atoms with Gasteiger partial charge in [0, 0.05) is 28.9 Å². The molecule has 4 N–H and O–H groups in total. The van der Waals surface area contributed by atoms with E-state index in [1.165, 1.54) is 18.2 Å². The molecule has 0 aliphatic carbocycles. The maximum atomic E-state index is 13.1. The highest BCUT2D eigenvalue weighted by Gasteiger charge is 2.08. The Hall–Kier alpha value is -1.78. The second-order valence-electron chi connectivity index (χ2n) is 3.76. The second kappa shape index (κ2) is 5.25. The fourth-order valence-electron chi connectivity index (χ4n) is 1.64. The average Bonchev–Trinajstić information content (AvgIpc) is 2.34. The summed E-state index contributed by atoms with van der Waals surface area (Å²) in [7, 11) is 0. The first-order valence-corrected chi connectivity index (χ1v) is 5.72. The van der Waals surface area contributed by atoms with Crippen molar-refractivity contribution in [2.75, 3.05) is 5.32 Å². The molecule has 0 aliphatic heterocycles. The summed E-state index contributed by atoms with van der Waals surface area (Å²) in [6.07, 6.45) is 0. The van der Waals surface area contributed by atoms with E-state index in [9.17, 15) is 9.50 Å². The van der Waals surface area contributed by atoms with Crippen molar-refractivity contribution >= 4 is 23.0 Å². The molecule has 0 radical (unpaired) electrons. The van der Waals surface area contributed by atoms with Gasteiger partial charge in [0.05, 0.1) is 5.69 Å². The van der Waals surface area contributed by atoms with Crippen LogP contribution in [0.1, 0.15) is 5.56 Å².